The quantitative estimate of drug-likeness (QED) is 0.166. The first-order valence-electron chi connectivity index (χ1n) is 14.7. The van der Waals surface area contributed by atoms with Crippen molar-refractivity contribution >= 4 is 50.7 Å². The van der Waals surface area contributed by atoms with E-state index in [4.69, 9.17) is 23.2 Å². The standard InChI is InChI=1S/C35H37Cl2N3O4S/c1-4-26(3)38-35(42)33(21-27-9-6-5-7-10-27)39(23-28-15-13-25(2)14-16-28)34(41)24-40(31-12-8-11-30(37)22-31)45(43,44)32-19-17-29(36)18-20-32/h5-20,22,26,33H,4,21,23-24H2,1-3H3,(H,38,42)/t26-,33+/m0/s1. The number of hydrogen-bond donors (Lipinski definition) is 1. The van der Waals surface area contributed by atoms with Crippen molar-refractivity contribution in [1.82, 2.24) is 10.2 Å². The molecule has 4 rings (SSSR count). The lowest BCUT2D eigenvalue weighted by Gasteiger charge is -2.34. The van der Waals surface area contributed by atoms with E-state index in [1.165, 1.54) is 35.2 Å². The number of aryl methyl sites for hydroxylation is 1. The highest BCUT2D eigenvalue weighted by Gasteiger charge is 2.35. The van der Waals surface area contributed by atoms with Crippen molar-refractivity contribution in [3.8, 4) is 0 Å². The Bertz CT molecular complexity index is 1700. The molecule has 4 aromatic rings. The molecule has 0 saturated carbocycles. The first-order chi connectivity index (χ1) is 21.5. The van der Waals surface area contributed by atoms with Crippen LogP contribution in [0.4, 0.5) is 5.69 Å². The monoisotopic (exact) mass is 665 g/mol. The minimum atomic E-state index is -4.25. The van der Waals surface area contributed by atoms with Crippen molar-refractivity contribution in [2.75, 3.05) is 10.8 Å². The van der Waals surface area contributed by atoms with Gasteiger partial charge in [0.2, 0.25) is 11.8 Å². The second-order valence-electron chi connectivity index (χ2n) is 11.0. The van der Waals surface area contributed by atoms with Gasteiger partial charge in [-0.2, -0.15) is 0 Å². The predicted octanol–water partition coefficient (Wildman–Crippen LogP) is 7.05. The summed E-state index contributed by atoms with van der Waals surface area (Å²) in [5.41, 5.74) is 2.93. The molecule has 45 heavy (non-hydrogen) atoms. The van der Waals surface area contributed by atoms with Crippen LogP contribution in [0.25, 0.3) is 0 Å². The van der Waals surface area contributed by atoms with Crippen molar-refractivity contribution in [3.63, 3.8) is 0 Å². The van der Waals surface area contributed by atoms with Gasteiger partial charge in [-0.3, -0.25) is 13.9 Å². The lowest BCUT2D eigenvalue weighted by molar-refractivity contribution is -0.140. The van der Waals surface area contributed by atoms with Gasteiger partial charge in [0.15, 0.2) is 0 Å². The Labute approximate surface area is 275 Å². The minimum Gasteiger partial charge on any atom is -0.352 e. The van der Waals surface area contributed by atoms with Gasteiger partial charge in [0, 0.05) is 29.1 Å². The van der Waals surface area contributed by atoms with E-state index >= 15 is 0 Å². The fourth-order valence-electron chi connectivity index (χ4n) is 4.78. The maximum atomic E-state index is 14.5. The summed E-state index contributed by atoms with van der Waals surface area (Å²) in [5.74, 6) is -0.864. The second-order valence-corrected chi connectivity index (χ2v) is 13.7. The lowest BCUT2D eigenvalue weighted by Crippen LogP contribution is -2.54. The number of halogens is 2. The molecule has 1 N–H and O–H groups in total. The van der Waals surface area contributed by atoms with Gasteiger partial charge < -0.3 is 10.2 Å². The molecule has 10 heteroatoms. The van der Waals surface area contributed by atoms with Gasteiger partial charge in [-0.05, 0) is 73.9 Å². The minimum absolute atomic E-state index is 0.0416. The number of carbonyl (C=O) groups excluding carboxylic acids is 2. The number of anilines is 1. The summed E-state index contributed by atoms with van der Waals surface area (Å²) in [5, 5.41) is 3.72. The number of hydrogen-bond acceptors (Lipinski definition) is 4. The van der Waals surface area contributed by atoms with Crippen molar-refractivity contribution < 1.29 is 18.0 Å². The van der Waals surface area contributed by atoms with Crippen LogP contribution >= 0.6 is 23.2 Å². The van der Waals surface area contributed by atoms with E-state index < -0.39 is 28.5 Å². The molecular formula is C35H37Cl2N3O4S. The molecule has 0 aliphatic heterocycles. The van der Waals surface area contributed by atoms with E-state index in [0.29, 0.717) is 16.5 Å². The van der Waals surface area contributed by atoms with Gasteiger partial charge in [-0.15, -0.1) is 0 Å². The van der Waals surface area contributed by atoms with E-state index in [9.17, 15) is 18.0 Å². The number of sulfonamides is 1. The highest BCUT2D eigenvalue weighted by molar-refractivity contribution is 7.92. The van der Waals surface area contributed by atoms with E-state index in [-0.39, 0.29) is 35.5 Å². The van der Waals surface area contributed by atoms with E-state index in [2.05, 4.69) is 5.32 Å². The third kappa shape index (κ3) is 9.10. The zero-order chi connectivity index (χ0) is 32.6. The number of carbonyl (C=O) groups is 2. The summed E-state index contributed by atoms with van der Waals surface area (Å²) >= 11 is 12.3. The van der Waals surface area contributed by atoms with Crippen LogP contribution in [0, 0.1) is 6.92 Å². The van der Waals surface area contributed by atoms with Crippen LogP contribution in [0.15, 0.2) is 108 Å². The van der Waals surface area contributed by atoms with Crippen LogP contribution in [-0.4, -0.2) is 43.8 Å². The topological polar surface area (TPSA) is 86.8 Å². The Morgan fingerprint density at radius 1 is 0.822 bits per heavy atom. The number of nitrogens with one attached hydrogen (secondary N) is 1. The molecule has 2 atom stereocenters. The third-order valence-corrected chi connectivity index (χ3v) is 9.80. The van der Waals surface area contributed by atoms with Crippen LogP contribution < -0.4 is 9.62 Å². The Morgan fingerprint density at radius 2 is 1.49 bits per heavy atom. The number of nitrogens with zero attached hydrogens (tertiary/aromatic N) is 2. The summed E-state index contributed by atoms with van der Waals surface area (Å²) < 4.78 is 29.2. The summed E-state index contributed by atoms with van der Waals surface area (Å²) in [4.78, 5) is 29.8. The Balaban J connectivity index is 1.80. The lowest BCUT2D eigenvalue weighted by atomic mass is 10.0. The van der Waals surface area contributed by atoms with E-state index in [0.717, 1.165) is 21.0 Å². The predicted molar refractivity (Wildman–Crippen MR) is 181 cm³/mol. The molecule has 0 aromatic heterocycles. The molecule has 0 radical (unpaired) electrons. The average Bonchev–Trinajstić information content (AvgIpc) is 3.02. The second kappa shape index (κ2) is 15.4. The number of benzene rings is 4. The summed E-state index contributed by atoms with van der Waals surface area (Å²) in [6, 6.07) is 28.1. The highest BCUT2D eigenvalue weighted by Crippen LogP contribution is 2.28. The molecular weight excluding hydrogens is 629 g/mol. The SMILES string of the molecule is CC[C@H](C)NC(=O)[C@@H](Cc1ccccc1)N(Cc1ccc(C)cc1)C(=O)CN(c1cccc(Cl)c1)S(=O)(=O)c1ccc(Cl)cc1. The summed E-state index contributed by atoms with van der Waals surface area (Å²) in [6.45, 7) is 5.36. The summed E-state index contributed by atoms with van der Waals surface area (Å²) in [7, 11) is -4.25. The molecule has 0 spiro atoms. The van der Waals surface area contributed by atoms with Crippen molar-refractivity contribution in [3.05, 3.63) is 130 Å². The smallest absolute Gasteiger partial charge is 0.264 e. The van der Waals surface area contributed by atoms with Crippen molar-refractivity contribution in [2.24, 2.45) is 0 Å². The van der Waals surface area contributed by atoms with Crippen molar-refractivity contribution in [1.29, 1.82) is 0 Å². The zero-order valence-electron chi connectivity index (χ0n) is 25.5. The third-order valence-electron chi connectivity index (χ3n) is 7.52. The fraction of sp³-hybridized carbons (Fsp3) is 0.257. The molecule has 0 heterocycles. The molecule has 0 aliphatic rings. The van der Waals surface area contributed by atoms with Gasteiger partial charge in [-0.1, -0.05) is 96.4 Å². The Morgan fingerprint density at radius 3 is 2.11 bits per heavy atom. The van der Waals surface area contributed by atoms with Gasteiger partial charge >= 0.3 is 0 Å². The van der Waals surface area contributed by atoms with Crippen LogP contribution in [0.5, 0.6) is 0 Å². The summed E-state index contributed by atoms with van der Waals surface area (Å²) in [6.07, 6.45) is 0.944. The number of amides is 2. The van der Waals surface area contributed by atoms with E-state index in [1.54, 1.807) is 18.2 Å². The Kier molecular flexibility index (Phi) is 11.7. The van der Waals surface area contributed by atoms with Gasteiger partial charge in [0.05, 0.1) is 10.6 Å². The van der Waals surface area contributed by atoms with Crippen LogP contribution in [0.2, 0.25) is 10.0 Å². The molecule has 0 fully saturated rings. The molecule has 0 unspecified atom stereocenters. The first-order valence-corrected chi connectivity index (χ1v) is 16.9. The van der Waals surface area contributed by atoms with Crippen molar-refractivity contribution in [2.45, 2.75) is 57.1 Å². The van der Waals surface area contributed by atoms with Crippen LogP contribution in [0.1, 0.15) is 37.0 Å². The molecule has 236 valence electrons. The molecule has 0 saturated heterocycles. The first kappa shape index (κ1) is 34.0. The van der Waals surface area contributed by atoms with Crippen LogP contribution in [0.3, 0.4) is 0 Å². The normalized spacial score (nSPS) is 12.6. The maximum Gasteiger partial charge on any atom is 0.264 e. The van der Waals surface area contributed by atoms with E-state index in [1.807, 2.05) is 75.4 Å². The van der Waals surface area contributed by atoms with Gasteiger partial charge in [0.1, 0.15) is 12.6 Å². The van der Waals surface area contributed by atoms with Crippen LogP contribution in [-0.2, 0) is 32.6 Å². The van der Waals surface area contributed by atoms with Gasteiger partial charge in [-0.25, -0.2) is 8.42 Å². The highest BCUT2D eigenvalue weighted by atomic mass is 35.5. The maximum absolute atomic E-state index is 14.5. The molecule has 2 amide bonds. The fourth-order valence-corrected chi connectivity index (χ4v) is 6.50. The zero-order valence-corrected chi connectivity index (χ0v) is 27.8. The number of rotatable bonds is 13. The largest absolute Gasteiger partial charge is 0.352 e. The Hall–Kier alpha value is -3.85. The molecule has 7 nitrogen and oxygen atoms in total. The molecule has 0 bridgehead atoms. The van der Waals surface area contributed by atoms with Gasteiger partial charge in [0.25, 0.3) is 10.0 Å². The molecule has 4 aromatic carbocycles. The average molecular weight is 667 g/mol. The molecule has 0 aliphatic carbocycles.